The van der Waals surface area contributed by atoms with Gasteiger partial charge in [-0.3, -0.25) is 20.2 Å². The standard InChI is InChI=1S/C16H10N4O6/c21-19(22)9-1-3-13-11(7-9)17-15(25-13)5-6-16-18-12-8-10(20(23)24)2-4-14(12)26-16/h1-4,7-8H,5-6H2. The summed E-state index contributed by atoms with van der Waals surface area (Å²) in [7, 11) is 0. The Kier molecular flexibility index (Phi) is 3.57. The summed E-state index contributed by atoms with van der Waals surface area (Å²) in [5.41, 5.74) is 1.61. The van der Waals surface area contributed by atoms with Crippen LogP contribution in [0.4, 0.5) is 11.4 Å². The lowest BCUT2D eigenvalue weighted by atomic mass is 10.3. The molecule has 2 aromatic heterocycles. The van der Waals surface area contributed by atoms with Crippen LogP contribution in [0, 0.1) is 20.2 Å². The van der Waals surface area contributed by atoms with E-state index in [-0.39, 0.29) is 11.4 Å². The van der Waals surface area contributed by atoms with Crippen molar-refractivity contribution in [2.45, 2.75) is 12.8 Å². The van der Waals surface area contributed by atoms with Crippen molar-refractivity contribution < 1.29 is 18.7 Å². The van der Waals surface area contributed by atoms with E-state index in [0.717, 1.165) is 0 Å². The maximum atomic E-state index is 10.8. The number of fused-ring (bicyclic) bond motifs is 2. The second-order valence-corrected chi connectivity index (χ2v) is 5.53. The number of benzene rings is 2. The number of aromatic nitrogens is 2. The van der Waals surface area contributed by atoms with Gasteiger partial charge in [0.25, 0.3) is 11.4 Å². The molecule has 130 valence electrons. The first kappa shape index (κ1) is 15.7. The smallest absolute Gasteiger partial charge is 0.271 e. The minimum absolute atomic E-state index is 0.0575. The number of nitro groups is 2. The fourth-order valence-electron chi connectivity index (χ4n) is 2.58. The molecule has 0 radical (unpaired) electrons. The van der Waals surface area contributed by atoms with E-state index in [2.05, 4.69) is 9.97 Å². The highest BCUT2D eigenvalue weighted by molar-refractivity contribution is 5.76. The predicted octanol–water partition coefficient (Wildman–Crippen LogP) is 3.57. The van der Waals surface area contributed by atoms with Crippen LogP contribution in [0.15, 0.2) is 45.2 Å². The number of hydrogen-bond acceptors (Lipinski definition) is 8. The molecule has 0 bridgehead atoms. The van der Waals surface area contributed by atoms with Gasteiger partial charge in [-0.05, 0) is 12.1 Å². The highest BCUT2D eigenvalue weighted by atomic mass is 16.6. The molecule has 0 N–H and O–H groups in total. The van der Waals surface area contributed by atoms with Crippen molar-refractivity contribution in [3.8, 4) is 0 Å². The van der Waals surface area contributed by atoms with Gasteiger partial charge in [0.15, 0.2) is 22.9 Å². The van der Waals surface area contributed by atoms with Crippen molar-refractivity contribution in [3.05, 3.63) is 68.4 Å². The van der Waals surface area contributed by atoms with Gasteiger partial charge in [-0.15, -0.1) is 0 Å². The van der Waals surface area contributed by atoms with Crippen molar-refractivity contribution >= 4 is 33.6 Å². The van der Waals surface area contributed by atoms with E-state index in [1.54, 1.807) is 0 Å². The minimum Gasteiger partial charge on any atom is -0.441 e. The number of non-ortho nitro benzene ring substituents is 2. The molecule has 4 aromatic rings. The Hall–Kier alpha value is -3.82. The van der Waals surface area contributed by atoms with Crippen molar-refractivity contribution in [1.29, 1.82) is 0 Å². The summed E-state index contributed by atoms with van der Waals surface area (Å²) in [5, 5.41) is 21.6. The average molecular weight is 354 g/mol. The van der Waals surface area contributed by atoms with Gasteiger partial charge in [0.2, 0.25) is 0 Å². The summed E-state index contributed by atoms with van der Waals surface area (Å²) in [5.74, 6) is 0.794. The van der Waals surface area contributed by atoms with Crippen LogP contribution < -0.4 is 0 Å². The summed E-state index contributed by atoms with van der Waals surface area (Å²) >= 11 is 0. The zero-order valence-corrected chi connectivity index (χ0v) is 13.1. The van der Waals surface area contributed by atoms with Crippen LogP contribution in [0.25, 0.3) is 22.2 Å². The molecular weight excluding hydrogens is 344 g/mol. The van der Waals surface area contributed by atoms with Gasteiger partial charge in [0, 0.05) is 37.1 Å². The molecule has 0 atom stereocenters. The number of nitrogens with zero attached hydrogens (tertiary/aromatic N) is 4. The van der Waals surface area contributed by atoms with Gasteiger partial charge >= 0.3 is 0 Å². The molecule has 0 aliphatic carbocycles. The first-order chi connectivity index (χ1) is 12.5. The van der Waals surface area contributed by atoms with E-state index in [9.17, 15) is 20.2 Å². The summed E-state index contributed by atoms with van der Waals surface area (Å²) in [6.07, 6.45) is 0.745. The van der Waals surface area contributed by atoms with Crippen molar-refractivity contribution in [2.75, 3.05) is 0 Å². The summed E-state index contributed by atoms with van der Waals surface area (Å²) in [4.78, 5) is 29.1. The molecule has 0 saturated carbocycles. The monoisotopic (exact) mass is 354 g/mol. The van der Waals surface area contributed by atoms with E-state index in [0.29, 0.717) is 46.8 Å². The first-order valence-corrected chi connectivity index (χ1v) is 7.57. The molecule has 10 nitrogen and oxygen atoms in total. The van der Waals surface area contributed by atoms with E-state index >= 15 is 0 Å². The van der Waals surface area contributed by atoms with Gasteiger partial charge in [-0.25, -0.2) is 9.97 Å². The molecule has 2 aromatic carbocycles. The number of rotatable bonds is 5. The predicted molar refractivity (Wildman–Crippen MR) is 88.7 cm³/mol. The third-order valence-corrected chi connectivity index (χ3v) is 3.81. The summed E-state index contributed by atoms with van der Waals surface area (Å²) in [6.45, 7) is 0. The first-order valence-electron chi connectivity index (χ1n) is 7.57. The third kappa shape index (κ3) is 2.83. The molecule has 0 fully saturated rings. The second-order valence-electron chi connectivity index (χ2n) is 5.53. The Morgan fingerprint density at radius 2 is 1.19 bits per heavy atom. The van der Waals surface area contributed by atoms with Crippen LogP contribution in [-0.4, -0.2) is 19.8 Å². The van der Waals surface area contributed by atoms with E-state index in [1.165, 1.54) is 36.4 Å². The zero-order chi connectivity index (χ0) is 18.3. The highest BCUT2D eigenvalue weighted by Crippen LogP contribution is 2.24. The molecule has 4 rings (SSSR count). The van der Waals surface area contributed by atoms with Crippen LogP contribution in [0.2, 0.25) is 0 Å². The van der Waals surface area contributed by atoms with Gasteiger partial charge in [-0.2, -0.15) is 0 Å². The molecule has 0 spiro atoms. The molecule has 0 aliphatic rings. The lowest BCUT2D eigenvalue weighted by molar-refractivity contribution is -0.384. The Balaban J connectivity index is 1.54. The zero-order valence-electron chi connectivity index (χ0n) is 13.1. The Morgan fingerprint density at radius 3 is 1.58 bits per heavy atom. The highest BCUT2D eigenvalue weighted by Gasteiger charge is 2.14. The molecule has 2 heterocycles. The third-order valence-electron chi connectivity index (χ3n) is 3.81. The van der Waals surface area contributed by atoms with Crippen molar-refractivity contribution in [3.63, 3.8) is 0 Å². The van der Waals surface area contributed by atoms with Gasteiger partial charge in [-0.1, -0.05) is 0 Å². The number of oxazole rings is 2. The normalized spacial score (nSPS) is 11.2. The van der Waals surface area contributed by atoms with Gasteiger partial charge < -0.3 is 8.83 Å². The van der Waals surface area contributed by atoms with Crippen LogP contribution in [0.5, 0.6) is 0 Å². The molecule has 0 amide bonds. The molecule has 0 unspecified atom stereocenters. The molecule has 26 heavy (non-hydrogen) atoms. The lowest BCUT2D eigenvalue weighted by Crippen LogP contribution is -1.91. The SMILES string of the molecule is O=[N+]([O-])c1ccc2oc(CCc3nc4cc([N+](=O)[O-])ccc4o3)nc2c1. The summed E-state index contributed by atoms with van der Waals surface area (Å²) < 4.78 is 11.1. The molecule has 10 heteroatoms. The van der Waals surface area contributed by atoms with E-state index in [1.807, 2.05) is 0 Å². The second kappa shape index (κ2) is 5.92. The number of hydrogen-bond donors (Lipinski definition) is 0. The quantitative estimate of drug-likeness (QED) is 0.391. The minimum atomic E-state index is -0.495. The topological polar surface area (TPSA) is 138 Å². The summed E-state index contributed by atoms with van der Waals surface area (Å²) in [6, 6.07) is 8.41. The van der Waals surface area contributed by atoms with E-state index in [4.69, 9.17) is 8.83 Å². The largest absolute Gasteiger partial charge is 0.441 e. The van der Waals surface area contributed by atoms with Crippen molar-refractivity contribution in [1.82, 2.24) is 9.97 Å². The molecule has 0 saturated heterocycles. The molecular formula is C16H10N4O6. The van der Waals surface area contributed by atoms with Crippen LogP contribution in [0.1, 0.15) is 11.8 Å². The maximum absolute atomic E-state index is 10.8. The maximum Gasteiger partial charge on any atom is 0.271 e. The van der Waals surface area contributed by atoms with Crippen LogP contribution in [0.3, 0.4) is 0 Å². The van der Waals surface area contributed by atoms with Crippen LogP contribution >= 0.6 is 0 Å². The van der Waals surface area contributed by atoms with Gasteiger partial charge in [0.05, 0.1) is 9.85 Å². The van der Waals surface area contributed by atoms with Gasteiger partial charge in [0.1, 0.15) is 11.0 Å². The number of aryl methyl sites for hydroxylation is 2. The Labute approximate surface area is 144 Å². The number of nitro benzene ring substituents is 2. The van der Waals surface area contributed by atoms with Crippen molar-refractivity contribution in [2.24, 2.45) is 0 Å². The van der Waals surface area contributed by atoms with E-state index < -0.39 is 9.85 Å². The Morgan fingerprint density at radius 1 is 0.769 bits per heavy atom. The Bertz CT molecular complexity index is 1070. The lowest BCUT2D eigenvalue weighted by Gasteiger charge is -1.90. The fraction of sp³-hybridized carbons (Fsp3) is 0.125. The fourth-order valence-corrected chi connectivity index (χ4v) is 2.58. The van der Waals surface area contributed by atoms with Crippen LogP contribution in [-0.2, 0) is 12.8 Å². The average Bonchev–Trinajstić information content (AvgIpc) is 3.21. The molecule has 0 aliphatic heterocycles.